The van der Waals surface area contributed by atoms with Crippen LogP contribution in [0.1, 0.15) is 33.1 Å². The molecule has 1 fully saturated rings. The van der Waals surface area contributed by atoms with Crippen molar-refractivity contribution in [2.24, 2.45) is 23.2 Å². The van der Waals surface area contributed by atoms with Crippen molar-refractivity contribution < 1.29 is 4.79 Å². The van der Waals surface area contributed by atoms with E-state index in [1.807, 2.05) is 6.92 Å². The zero-order chi connectivity index (χ0) is 11.1. The fraction of sp³-hybridized carbons (Fsp3) is 0.643. The van der Waals surface area contributed by atoms with Gasteiger partial charge in [-0.25, -0.2) is 0 Å². The van der Waals surface area contributed by atoms with E-state index in [4.69, 9.17) is 6.42 Å². The van der Waals surface area contributed by atoms with Crippen LogP contribution in [0.4, 0.5) is 0 Å². The van der Waals surface area contributed by atoms with E-state index in [1.54, 1.807) is 6.08 Å². The quantitative estimate of drug-likeness (QED) is 0.552. The minimum absolute atomic E-state index is 0.149. The lowest BCUT2D eigenvalue weighted by Gasteiger charge is -2.46. The Bertz CT molecular complexity index is 347. The van der Waals surface area contributed by atoms with Crippen LogP contribution in [0.15, 0.2) is 12.2 Å². The summed E-state index contributed by atoms with van der Waals surface area (Å²) in [5, 5.41) is 0. The largest absolute Gasteiger partial charge is 0.295 e. The molecule has 80 valence electrons. The van der Waals surface area contributed by atoms with E-state index in [2.05, 4.69) is 18.9 Å². The molecule has 0 saturated heterocycles. The summed E-state index contributed by atoms with van der Waals surface area (Å²) in [4.78, 5) is 11.6. The second-order valence-electron chi connectivity index (χ2n) is 5.27. The fourth-order valence-corrected chi connectivity index (χ4v) is 3.12. The molecule has 0 heterocycles. The van der Waals surface area contributed by atoms with Gasteiger partial charge >= 0.3 is 0 Å². The summed E-state index contributed by atoms with van der Waals surface area (Å²) >= 11 is 0. The molecule has 0 spiro atoms. The highest BCUT2D eigenvalue weighted by molar-refractivity contribution is 5.92. The maximum atomic E-state index is 11.6. The average molecular weight is 202 g/mol. The summed E-state index contributed by atoms with van der Waals surface area (Å²) in [6, 6.07) is 0. The van der Waals surface area contributed by atoms with Crippen molar-refractivity contribution in [2.45, 2.75) is 33.1 Å². The molecule has 2 aliphatic carbocycles. The van der Waals surface area contributed by atoms with Gasteiger partial charge in [0.15, 0.2) is 5.78 Å². The Morgan fingerprint density at radius 3 is 3.00 bits per heavy atom. The Morgan fingerprint density at radius 2 is 2.33 bits per heavy atom. The number of carbonyl (C=O) groups excluding carboxylic acids is 1. The topological polar surface area (TPSA) is 17.1 Å². The molecule has 1 saturated carbocycles. The number of fused-ring (bicyclic) bond motifs is 1. The van der Waals surface area contributed by atoms with Crippen LogP contribution < -0.4 is 0 Å². The monoisotopic (exact) mass is 202 g/mol. The van der Waals surface area contributed by atoms with Crippen molar-refractivity contribution in [2.75, 3.05) is 0 Å². The predicted octanol–water partition coefficient (Wildman–Crippen LogP) is 2.82. The van der Waals surface area contributed by atoms with Crippen LogP contribution in [0.3, 0.4) is 0 Å². The molecule has 0 N–H and O–H groups in total. The first-order valence-electron chi connectivity index (χ1n) is 5.76. The Kier molecular flexibility index (Phi) is 2.46. The van der Waals surface area contributed by atoms with Crippen LogP contribution >= 0.6 is 0 Å². The number of hydrogen-bond donors (Lipinski definition) is 0. The number of allylic oxidation sites excluding steroid dienone is 2. The van der Waals surface area contributed by atoms with Crippen LogP contribution in [-0.2, 0) is 4.79 Å². The molecule has 0 aromatic carbocycles. The van der Waals surface area contributed by atoms with Gasteiger partial charge in [-0.15, -0.1) is 12.3 Å². The van der Waals surface area contributed by atoms with Gasteiger partial charge in [-0.05, 0) is 36.7 Å². The fourth-order valence-electron chi connectivity index (χ4n) is 3.12. The van der Waals surface area contributed by atoms with Crippen molar-refractivity contribution >= 4 is 5.78 Å². The summed E-state index contributed by atoms with van der Waals surface area (Å²) in [5.41, 5.74) is 0.209. The van der Waals surface area contributed by atoms with Gasteiger partial charge in [0.2, 0.25) is 0 Å². The average Bonchev–Trinajstić information content (AvgIpc) is 2.24. The van der Waals surface area contributed by atoms with E-state index in [-0.39, 0.29) is 17.1 Å². The minimum atomic E-state index is 0.149. The molecule has 0 aliphatic heterocycles. The highest BCUT2D eigenvalue weighted by Crippen LogP contribution is 2.49. The van der Waals surface area contributed by atoms with E-state index in [1.165, 1.54) is 0 Å². The molecule has 0 aromatic heterocycles. The van der Waals surface area contributed by atoms with Gasteiger partial charge in [-0.1, -0.05) is 19.9 Å². The van der Waals surface area contributed by atoms with E-state index in [9.17, 15) is 4.79 Å². The minimum Gasteiger partial charge on any atom is -0.295 e. The summed E-state index contributed by atoms with van der Waals surface area (Å²) in [7, 11) is 0. The molecule has 15 heavy (non-hydrogen) atoms. The third kappa shape index (κ3) is 1.63. The zero-order valence-electron chi connectivity index (χ0n) is 9.49. The van der Waals surface area contributed by atoms with Gasteiger partial charge < -0.3 is 0 Å². The highest BCUT2D eigenvalue weighted by atomic mass is 16.1. The van der Waals surface area contributed by atoms with Crippen molar-refractivity contribution in [1.29, 1.82) is 0 Å². The summed E-state index contributed by atoms with van der Waals surface area (Å²) in [6.45, 7) is 4.32. The smallest absolute Gasteiger partial charge is 0.158 e. The van der Waals surface area contributed by atoms with Gasteiger partial charge in [0.25, 0.3) is 0 Å². The normalized spacial score (nSPS) is 44.6. The van der Waals surface area contributed by atoms with Gasteiger partial charge in [0, 0.05) is 11.8 Å². The molecule has 4 atom stereocenters. The second-order valence-corrected chi connectivity index (χ2v) is 5.27. The molecule has 0 unspecified atom stereocenters. The first kappa shape index (κ1) is 10.5. The lowest BCUT2D eigenvalue weighted by Crippen LogP contribution is -2.41. The SMILES string of the molecule is C#C[C@@H]1CC[C@]2(C)C=CC(=O)[C@@H](C)[C@H]2C1. The number of carbonyl (C=O) groups is 1. The van der Waals surface area contributed by atoms with Crippen molar-refractivity contribution in [3.63, 3.8) is 0 Å². The predicted molar refractivity (Wildman–Crippen MR) is 61.1 cm³/mol. The Labute approximate surface area is 91.9 Å². The van der Waals surface area contributed by atoms with Crippen LogP contribution in [0, 0.1) is 35.5 Å². The standard InChI is InChI=1S/C14H18O/c1-4-11-5-7-14(3)8-6-13(15)10(2)12(14)9-11/h1,6,8,10-12H,5,7,9H2,2-3H3/t10-,11+,12+,14+/m0/s1. The third-order valence-corrected chi connectivity index (χ3v) is 4.33. The lowest BCUT2D eigenvalue weighted by atomic mass is 9.57. The van der Waals surface area contributed by atoms with Crippen molar-refractivity contribution in [3.8, 4) is 12.3 Å². The maximum Gasteiger partial charge on any atom is 0.158 e. The summed E-state index contributed by atoms with van der Waals surface area (Å²) < 4.78 is 0. The van der Waals surface area contributed by atoms with Gasteiger partial charge in [0.05, 0.1) is 0 Å². The van der Waals surface area contributed by atoms with E-state index in [0.29, 0.717) is 11.8 Å². The van der Waals surface area contributed by atoms with E-state index < -0.39 is 0 Å². The third-order valence-electron chi connectivity index (χ3n) is 4.33. The highest BCUT2D eigenvalue weighted by Gasteiger charge is 2.44. The summed E-state index contributed by atoms with van der Waals surface area (Å²) in [5.74, 6) is 4.11. The molecule has 1 heteroatoms. The molecule has 0 amide bonds. The molecular weight excluding hydrogens is 184 g/mol. The van der Waals surface area contributed by atoms with Crippen LogP contribution in [0.2, 0.25) is 0 Å². The number of rotatable bonds is 0. The number of terminal acetylenes is 1. The summed E-state index contributed by atoms with van der Waals surface area (Å²) in [6.07, 6.45) is 12.6. The zero-order valence-corrected chi connectivity index (χ0v) is 9.49. The van der Waals surface area contributed by atoms with E-state index >= 15 is 0 Å². The number of ketones is 1. The number of hydrogen-bond acceptors (Lipinski definition) is 1. The van der Waals surface area contributed by atoms with Crippen LogP contribution in [0.25, 0.3) is 0 Å². The molecule has 2 aliphatic rings. The molecule has 2 rings (SSSR count). The first-order chi connectivity index (χ1) is 7.07. The molecule has 0 aromatic rings. The van der Waals surface area contributed by atoms with Crippen LogP contribution in [0.5, 0.6) is 0 Å². The van der Waals surface area contributed by atoms with Gasteiger partial charge in [0.1, 0.15) is 0 Å². The van der Waals surface area contributed by atoms with Gasteiger partial charge in [-0.2, -0.15) is 0 Å². The van der Waals surface area contributed by atoms with Gasteiger partial charge in [-0.3, -0.25) is 4.79 Å². The molecule has 0 radical (unpaired) electrons. The lowest BCUT2D eigenvalue weighted by molar-refractivity contribution is -0.122. The Balaban J connectivity index is 2.28. The van der Waals surface area contributed by atoms with Crippen molar-refractivity contribution in [1.82, 2.24) is 0 Å². The van der Waals surface area contributed by atoms with E-state index in [0.717, 1.165) is 19.3 Å². The molecule has 1 nitrogen and oxygen atoms in total. The van der Waals surface area contributed by atoms with Crippen LogP contribution in [-0.4, -0.2) is 5.78 Å². The maximum absolute atomic E-state index is 11.6. The molecule has 0 bridgehead atoms. The molecular formula is C14H18O. The first-order valence-corrected chi connectivity index (χ1v) is 5.76. The Hall–Kier alpha value is -1.03. The van der Waals surface area contributed by atoms with Crippen molar-refractivity contribution in [3.05, 3.63) is 12.2 Å². The Morgan fingerprint density at radius 1 is 1.60 bits per heavy atom. The second kappa shape index (κ2) is 3.52.